The Balaban J connectivity index is 2.15. The molecule has 0 spiro atoms. The summed E-state index contributed by atoms with van der Waals surface area (Å²) in [6, 6.07) is 8.34. The maximum Gasteiger partial charge on any atom is 0.295 e. The van der Waals surface area contributed by atoms with Crippen LogP contribution in [0, 0.1) is 10.1 Å². The maximum atomic E-state index is 11.2. The fourth-order valence-corrected chi connectivity index (χ4v) is 2.22. The van der Waals surface area contributed by atoms with E-state index in [0.717, 1.165) is 6.20 Å². The number of nitro groups is 1. The lowest BCUT2D eigenvalue weighted by molar-refractivity contribution is -0.385. The van der Waals surface area contributed by atoms with Crippen molar-refractivity contribution in [3.63, 3.8) is 0 Å². The third kappa shape index (κ3) is 3.84. The van der Waals surface area contributed by atoms with Gasteiger partial charge in [-0.15, -0.1) is 0 Å². The van der Waals surface area contributed by atoms with Gasteiger partial charge in [-0.25, -0.2) is 4.98 Å². The van der Waals surface area contributed by atoms with E-state index in [0.29, 0.717) is 0 Å². The SMILES string of the molecule is O=[N+]([O-])c1ccc(N/N=C/c2ccccc2S(=O)(=O)O)nc1. The van der Waals surface area contributed by atoms with Crippen LogP contribution in [0.1, 0.15) is 5.56 Å². The van der Waals surface area contributed by atoms with Crippen LogP contribution in [-0.2, 0) is 10.1 Å². The van der Waals surface area contributed by atoms with Gasteiger partial charge >= 0.3 is 0 Å². The molecule has 0 aliphatic carbocycles. The second kappa shape index (κ2) is 6.28. The van der Waals surface area contributed by atoms with Gasteiger partial charge in [0.15, 0.2) is 0 Å². The fourth-order valence-electron chi connectivity index (χ4n) is 1.55. The molecule has 0 unspecified atom stereocenters. The number of hydrogen-bond acceptors (Lipinski definition) is 7. The molecule has 1 heterocycles. The Bertz CT molecular complexity index is 818. The highest BCUT2D eigenvalue weighted by Gasteiger charge is 2.13. The van der Waals surface area contributed by atoms with Crippen molar-refractivity contribution in [2.45, 2.75) is 4.90 Å². The van der Waals surface area contributed by atoms with Gasteiger partial charge in [-0.2, -0.15) is 13.5 Å². The zero-order valence-corrected chi connectivity index (χ0v) is 11.8. The standard InChI is InChI=1S/C12H10N4O5S/c17-16(18)10-5-6-12(13-8-10)15-14-7-9-3-1-2-4-11(9)22(19,20)21/h1-8H,(H,13,15)(H,19,20,21)/b14-7+. The van der Waals surface area contributed by atoms with Crippen LogP contribution in [0.4, 0.5) is 11.5 Å². The zero-order valence-electron chi connectivity index (χ0n) is 10.9. The molecule has 2 aromatic rings. The first-order valence-corrected chi connectivity index (χ1v) is 7.28. The Morgan fingerprint density at radius 1 is 1.27 bits per heavy atom. The molecule has 0 aliphatic heterocycles. The summed E-state index contributed by atoms with van der Waals surface area (Å²) in [5.41, 5.74) is 2.52. The Morgan fingerprint density at radius 2 is 2.00 bits per heavy atom. The van der Waals surface area contributed by atoms with Crippen molar-refractivity contribution in [1.82, 2.24) is 4.98 Å². The molecule has 0 fully saturated rings. The quantitative estimate of drug-likeness (QED) is 0.370. The highest BCUT2D eigenvalue weighted by atomic mass is 32.2. The number of hydrogen-bond donors (Lipinski definition) is 2. The van der Waals surface area contributed by atoms with Crippen molar-refractivity contribution >= 4 is 27.8 Å². The van der Waals surface area contributed by atoms with Crippen LogP contribution in [0.3, 0.4) is 0 Å². The van der Waals surface area contributed by atoms with Crippen LogP contribution < -0.4 is 5.43 Å². The van der Waals surface area contributed by atoms with Gasteiger partial charge in [0, 0.05) is 11.6 Å². The summed E-state index contributed by atoms with van der Waals surface area (Å²) >= 11 is 0. The Labute approximate surface area is 125 Å². The lowest BCUT2D eigenvalue weighted by Gasteiger charge is -2.02. The molecule has 0 saturated carbocycles. The van der Waals surface area contributed by atoms with Crippen LogP contribution in [-0.4, -0.2) is 29.1 Å². The molecular weight excluding hydrogens is 312 g/mol. The molecule has 0 aliphatic rings. The van der Waals surface area contributed by atoms with Crippen LogP contribution in [0.2, 0.25) is 0 Å². The van der Waals surface area contributed by atoms with E-state index >= 15 is 0 Å². The first kappa shape index (κ1) is 15.5. The van der Waals surface area contributed by atoms with Gasteiger partial charge in [0.05, 0.1) is 11.1 Å². The number of anilines is 1. The first-order chi connectivity index (χ1) is 10.4. The molecule has 0 bridgehead atoms. The Hall–Kier alpha value is -2.85. The molecule has 1 aromatic carbocycles. The molecule has 2 N–H and O–H groups in total. The average molecular weight is 322 g/mol. The van der Waals surface area contributed by atoms with E-state index in [-0.39, 0.29) is 22.0 Å². The van der Waals surface area contributed by atoms with Gasteiger partial charge in [-0.3, -0.25) is 20.1 Å². The molecule has 10 heteroatoms. The molecule has 0 amide bonds. The second-order valence-corrected chi connectivity index (χ2v) is 5.43. The van der Waals surface area contributed by atoms with E-state index in [1.165, 1.54) is 36.5 Å². The van der Waals surface area contributed by atoms with Crippen LogP contribution >= 0.6 is 0 Å². The van der Waals surface area contributed by atoms with Crippen LogP contribution in [0.5, 0.6) is 0 Å². The minimum absolute atomic E-state index is 0.161. The first-order valence-electron chi connectivity index (χ1n) is 5.84. The zero-order chi connectivity index (χ0) is 16.2. The molecule has 0 saturated heterocycles. The lowest BCUT2D eigenvalue weighted by Crippen LogP contribution is -2.03. The molecule has 114 valence electrons. The van der Waals surface area contributed by atoms with E-state index in [9.17, 15) is 18.5 Å². The minimum atomic E-state index is -4.35. The van der Waals surface area contributed by atoms with E-state index in [1.807, 2.05) is 0 Å². The fraction of sp³-hybridized carbons (Fsp3) is 0. The maximum absolute atomic E-state index is 11.2. The summed E-state index contributed by atoms with van der Waals surface area (Å²) in [6.45, 7) is 0. The van der Waals surface area contributed by atoms with Crippen molar-refractivity contribution < 1.29 is 17.9 Å². The van der Waals surface area contributed by atoms with Crippen LogP contribution in [0.25, 0.3) is 0 Å². The number of aromatic nitrogens is 1. The van der Waals surface area contributed by atoms with E-state index in [4.69, 9.17) is 4.55 Å². The summed E-state index contributed by atoms with van der Waals surface area (Å²) in [5, 5.41) is 14.3. The van der Waals surface area contributed by atoms with Crippen molar-refractivity contribution in [2.24, 2.45) is 5.10 Å². The van der Waals surface area contributed by atoms with Gasteiger partial charge in [-0.05, 0) is 12.1 Å². The highest BCUT2D eigenvalue weighted by molar-refractivity contribution is 7.86. The Morgan fingerprint density at radius 3 is 2.59 bits per heavy atom. The van der Waals surface area contributed by atoms with Crippen LogP contribution in [0.15, 0.2) is 52.6 Å². The molecule has 22 heavy (non-hydrogen) atoms. The number of nitrogens with zero attached hydrogens (tertiary/aromatic N) is 3. The van der Waals surface area contributed by atoms with Crippen molar-refractivity contribution in [2.75, 3.05) is 5.43 Å². The van der Waals surface area contributed by atoms with Gasteiger partial charge in [0.25, 0.3) is 15.8 Å². The normalized spacial score (nSPS) is 11.5. The third-order valence-corrected chi connectivity index (χ3v) is 3.47. The molecule has 1 aromatic heterocycles. The summed E-state index contributed by atoms with van der Waals surface area (Å²) in [4.78, 5) is 13.4. The van der Waals surface area contributed by atoms with Gasteiger partial charge < -0.3 is 0 Å². The molecule has 2 rings (SSSR count). The number of nitrogens with one attached hydrogen (secondary N) is 1. The number of pyridine rings is 1. The monoisotopic (exact) mass is 322 g/mol. The van der Waals surface area contributed by atoms with E-state index < -0.39 is 15.0 Å². The largest absolute Gasteiger partial charge is 0.295 e. The summed E-state index contributed by atoms with van der Waals surface area (Å²) < 4.78 is 31.5. The summed E-state index contributed by atoms with van der Waals surface area (Å²) in [6.07, 6.45) is 2.25. The Kier molecular flexibility index (Phi) is 4.44. The second-order valence-electron chi connectivity index (χ2n) is 4.04. The van der Waals surface area contributed by atoms with E-state index in [1.54, 1.807) is 6.07 Å². The molecule has 9 nitrogen and oxygen atoms in total. The summed E-state index contributed by atoms with van der Waals surface area (Å²) in [5.74, 6) is 0.242. The molecule has 0 radical (unpaired) electrons. The predicted octanol–water partition coefficient (Wildman–Crippen LogP) is 1.68. The number of rotatable bonds is 5. The van der Waals surface area contributed by atoms with Crippen molar-refractivity contribution in [3.8, 4) is 0 Å². The van der Waals surface area contributed by atoms with Crippen molar-refractivity contribution in [3.05, 3.63) is 58.3 Å². The number of hydrazone groups is 1. The minimum Gasteiger partial charge on any atom is -0.282 e. The van der Waals surface area contributed by atoms with Gasteiger partial charge in [-0.1, -0.05) is 18.2 Å². The predicted molar refractivity (Wildman–Crippen MR) is 78.4 cm³/mol. The van der Waals surface area contributed by atoms with Gasteiger partial charge in [0.1, 0.15) is 16.9 Å². The third-order valence-electron chi connectivity index (χ3n) is 2.54. The highest BCUT2D eigenvalue weighted by Crippen LogP contribution is 2.14. The van der Waals surface area contributed by atoms with Gasteiger partial charge in [0.2, 0.25) is 0 Å². The number of benzene rings is 1. The van der Waals surface area contributed by atoms with E-state index in [2.05, 4.69) is 15.5 Å². The molecular formula is C12H10N4O5S. The summed E-state index contributed by atoms with van der Waals surface area (Å²) in [7, 11) is -4.35. The smallest absolute Gasteiger partial charge is 0.282 e. The topological polar surface area (TPSA) is 135 Å². The average Bonchev–Trinajstić information content (AvgIpc) is 2.47. The molecule has 0 atom stereocenters. The lowest BCUT2D eigenvalue weighted by atomic mass is 10.2. The van der Waals surface area contributed by atoms with Crippen molar-refractivity contribution in [1.29, 1.82) is 0 Å².